The van der Waals surface area contributed by atoms with Crippen LogP contribution in [0.3, 0.4) is 0 Å². The molecule has 0 amide bonds. The highest BCUT2D eigenvalue weighted by molar-refractivity contribution is 6.15. The number of fused-ring (bicyclic) bond motifs is 10. The summed E-state index contributed by atoms with van der Waals surface area (Å²) in [4.78, 5) is 9.76. The van der Waals surface area contributed by atoms with Gasteiger partial charge in [-0.3, -0.25) is 13.4 Å². The molecule has 0 unspecified atom stereocenters. The number of hydrogen-bond donors (Lipinski definition) is 0. The molecule has 0 aliphatic carbocycles. The minimum atomic E-state index is -0.00864. The van der Waals surface area contributed by atoms with Gasteiger partial charge in [0.05, 0.1) is 22.7 Å². The Balaban J connectivity index is 1.08. The summed E-state index contributed by atoms with van der Waals surface area (Å²) in [5.41, 5.74) is 7.38. The van der Waals surface area contributed by atoms with E-state index in [0.717, 1.165) is 77.9 Å². The van der Waals surface area contributed by atoms with Crippen LogP contribution in [0.4, 0.5) is 0 Å². The molecule has 0 aliphatic rings. The molecule has 56 heavy (non-hydrogen) atoms. The Kier molecular flexibility index (Phi) is 6.98. The largest absolute Gasteiger partial charge is 0.458 e. The third-order valence-electron chi connectivity index (χ3n) is 11.0. The maximum Gasteiger partial charge on any atom is 0.297 e. The van der Waals surface area contributed by atoms with Crippen molar-refractivity contribution in [2.45, 2.75) is 26.2 Å². The van der Waals surface area contributed by atoms with Crippen molar-refractivity contribution in [3.63, 3.8) is 0 Å². The zero-order valence-corrected chi connectivity index (χ0v) is 31.2. The summed E-state index contributed by atoms with van der Waals surface area (Å²) in [6.45, 7) is 6.69. The van der Waals surface area contributed by atoms with E-state index in [1.165, 1.54) is 16.3 Å². The van der Waals surface area contributed by atoms with Gasteiger partial charge in [-0.15, -0.1) is 0 Å². The first-order valence-electron chi connectivity index (χ1n) is 18.9. The molecule has 5 heterocycles. The lowest BCUT2D eigenvalue weighted by Gasteiger charge is -2.20. The summed E-state index contributed by atoms with van der Waals surface area (Å²) in [7, 11) is 0. The molecule has 0 fully saturated rings. The van der Waals surface area contributed by atoms with Crippen LogP contribution in [0.5, 0.6) is 11.5 Å². The summed E-state index contributed by atoms with van der Waals surface area (Å²) in [5, 5.41) is 6.90. The van der Waals surface area contributed by atoms with Crippen molar-refractivity contribution >= 4 is 65.7 Å². The Bertz CT molecular complexity index is 3400. The van der Waals surface area contributed by atoms with E-state index >= 15 is 0 Å². The monoisotopic (exact) mass is 724 g/mol. The highest BCUT2D eigenvalue weighted by Crippen LogP contribution is 2.37. The lowest BCUT2D eigenvalue weighted by Crippen LogP contribution is -2.22. The second-order valence-electron chi connectivity index (χ2n) is 15.4. The maximum atomic E-state index is 6.70. The van der Waals surface area contributed by atoms with Crippen LogP contribution in [0, 0.1) is 6.33 Å². The van der Waals surface area contributed by atoms with E-state index in [1.807, 2.05) is 30.7 Å². The Morgan fingerprint density at radius 2 is 1.21 bits per heavy atom. The topological polar surface area (TPSA) is 53.4 Å². The smallest absolute Gasteiger partial charge is 0.297 e. The Labute approximate surface area is 322 Å². The van der Waals surface area contributed by atoms with Gasteiger partial charge in [-0.1, -0.05) is 112 Å². The number of ether oxygens (including phenoxy) is 1. The fraction of sp³-hybridized carbons (Fsp3) is 0.0816. The molecule has 268 valence electrons. The molecule has 0 spiro atoms. The number of benzene rings is 6. The van der Waals surface area contributed by atoms with Gasteiger partial charge in [0.1, 0.15) is 23.5 Å². The van der Waals surface area contributed by atoms with Crippen LogP contribution in [-0.4, -0.2) is 23.5 Å². The summed E-state index contributed by atoms with van der Waals surface area (Å²) in [6, 6.07) is 51.0. The molecular formula is C49H36N6O. The van der Waals surface area contributed by atoms with Gasteiger partial charge in [0, 0.05) is 45.1 Å². The van der Waals surface area contributed by atoms with E-state index in [0.29, 0.717) is 0 Å². The van der Waals surface area contributed by atoms with E-state index in [9.17, 15) is 0 Å². The lowest BCUT2D eigenvalue weighted by atomic mass is 9.88. The molecule has 6 aromatic carbocycles. The number of para-hydroxylation sites is 3. The zero-order chi connectivity index (χ0) is 37.5. The second kappa shape index (κ2) is 12.1. The van der Waals surface area contributed by atoms with Gasteiger partial charge >= 0.3 is 0 Å². The first kappa shape index (κ1) is 32.2. The fourth-order valence-corrected chi connectivity index (χ4v) is 8.31. The summed E-state index contributed by atoms with van der Waals surface area (Å²) in [5.74, 6) is 3.11. The molecule has 11 aromatic rings. The van der Waals surface area contributed by atoms with Crippen LogP contribution in [0.25, 0.3) is 77.2 Å². The van der Waals surface area contributed by atoms with Crippen molar-refractivity contribution in [2.24, 2.45) is 0 Å². The summed E-state index contributed by atoms with van der Waals surface area (Å²) >= 11 is 0. The molecule has 0 saturated heterocycles. The Morgan fingerprint density at radius 1 is 0.554 bits per heavy atom. The third kappa shape index (κ3) is 4.94. The first-order chi connectivity index (χ1) is 27.4. The number of aromatic nitrogens is 6. The molecule has 0 bridgehead atoms. The van der Waals surface area contributed by atoms with E-state index < -0.39 is 0 Å². The fourth-order valence-electron chi connectivity index (χ4n) is 8.31. The van der Waals surface area contributed by atoms with Crippen molar-refractivity contribution in [3.05, 3.63) is 176 Å². The maximum absolute atomic E-state index is 6.70. The lowest BCUT2D eigenvalue weighted by molar-refractivity contribution is -0.491. The first-order valence-corrected chi connectivity index (χ1v) is 18.9. The standard InChI is InChI=1S/C49H36N6O/c1-49(2,3)32-24-25-50-46(28-32)55-43-20-9-7-17-39(43)40-23-22-35(30-45(40)55)56-34-13-10-12-33(29-34)53-31-54-47-41(18-11-21-44(47)53)37-15-5-4-14-36(37)38-16-6-8-19-42(38)52-27-26-51-48(52)54/h4-30H,1-3H3. The number of imidazole rings is 2. The molecule has 0 saturated carbocycles. The SMILES string of the molecule is CC(C)(C)c1ccnc(-n2c3ccccc3c3ccc(Oc4cccc(-n5[c-][n+]6c7c(cccc75)c5ccccc5c5ccccc5n5ccnc56)c4)cc32)c1. The van der Waals surface area contributed by atoms with Crippen LogP contribution >= 0.6 is 0 Å². The molecule has 11 rings (SSSR count). The van der Waals surface area contributed by atoms with Crippen LogP contribution in [-0.2, 0) is 5.41 Å². The Hall–Kier alpha value is -7.25. The van der Waals surface area contributed by atoms with Gasteiger partial charge in [0.25, 0.3) is 5.78 Å². The van der Waals surface area contributed by atoms with Gasteiger partial charge in [-0.05, 0) is 75.7 Å². The zero-order valence-electron chi connectivity index (χ0n) is 31.2. The normalized spacial score (nSPS) is 12.2. The number of nitrogens with zero attached hydrogens (tertiary/aromatic N) is 6. The molecule has 0 atom stereocenters. The van der Waals surface area contributed by atoms with E-state index in [1.54, 1.807) is 0 Å². The number of pyridine rings is 1. The van der Waals surface area contributed by atoms with Crippen LogP contribution in [0.2, 0.25) is 0 Å². The molecule has 0 aliphatic heterocycles. The van der Waals surface area contributed by atoms with Crippen LogP contribution < -0.4 is 9.14 Å². The van der Waals surface area contributed by atoms with Gasteiger partial charge in [-0.25, -0.2) is 4.98 Å². The van der Waals surface area contributed by atoms with Crippen molar-refractivity contribution in [3.8, 4) is 23.0 Å². The van der Waals surface area contributed by atoms with E-state index in [-0.39, 0.29) is 5.41 Å². The van der Waals surface area contributed by atoms with E-state index in [4.69, 9.17) is 14.7 Å². The molecular weight excluding hydrogens is 689 g/mol. The highest BCUT2D eigenvalue weighted by atomic mass is 16.5. The molecule has 7 heteroatoms. The van der Waals surface area contributed by atoms with Gasteiger partial charge in [0.2, 0.25) is 0 Å². The average molecular weight is 725 g/mol. The van der Waals surface area contributed by atoms with E-state index in [2.05, 4.69) is 178 Å². The highest BCUT2D eigenvalue weighted by Gasteiger charge is 2.19. The molecule has 0 N–H and O–H groups in total. The summed E-state index contributed by atoms with van der Waals surface area (Å²) in [6.07, 6.45) is 9.49. The molecule has 7 nitrogen and oxygen atoms in total. The van der Waals surface area contributed by atoms with Crippen molar-refractivity contribution in [2.75, 3.05) is 0 Å². The van der Waals surface area contributed by atoms with Gasteiger partial charge in [-0.2, -0.15) is 4.98 Å². The molecule has 5 aromatic heterocycles. The van der Waals surface area contributed by atoms with Crippen LogP contribution in [0.1, 0.15) is 26.3 Å². The average Bonchev–Trinajstić information content (AvgIpc) is 3.95. The Morgan fingerprint density at radius 3 is 2.04 bits per heavy atom. The molecule has 0 radical (unpaired) electrons. The van der Waals surface area contributed by atoms with Gasteiger partial charge in [0.15, 0.2) is 6.33 Å². The number of hydrogen-bond acceptors (Lipinski definition) is 3. The predicted molar refractivity (Wildman–Crippen MR) is 225 cm³/mol. The minimum absolute atomic E-state index is 0.00864. The van der Waals surface area contributed by atoms with Crippen molar-refractivity contribution < 1.29 is 9.14 Å². The summed E-state index contributed by atoms with van der Waals surface area (Å²) < 4.78 is 15.3. The predicted octanol–water partition coefficient (Wildman–Crippen LogP) is 11.3. The third-order valence-corrected chi connectivity index (χ3v) is 11.0. The minimum Gasteiger partial charge on any atom is -0.458 e. The van der Waals surface area contributed by atoms with Crippen molar-refractivity contribution in [1.29, 1.82) is 0 Å². The second-order valence-corrected chi connectivity index (χ2v) is 15.4. The quantitative estimate of drug-likeness (QED) is 0.134. The van der Waals surface area contributed by atoms with Gasteiger partial charge < -0.3 is 9.30 Å². The van der Waals surface area contributed by atoms with Crippen molar-refractivity contribution in [1.82, 2.24) is 23.5 Å². The number of rotatable bonds is 4. The van der Waals surface area contributed by atoms with Crippen LogP contribution in [0.15, 0.2) is 164 Å².